The van der Waals surface area contributed by atoms with Gasteiger partial charge in [0.2, 0.25) is 0 Å². The zero-order valence-electron chi connectivity index (χ0n) is 27.1. The van der Waals surface area contributed by atoms with Crippen LogP contribution in [0.2, 0.25) is 5.02 Å². The van der Waals surface area contributed by atoms with Crippen molar-refractivity contribution in [2.45, 2.75) is 45.6 Å². The lowest BCUT2D eigenvalue weighted by Gasteiger charge is -2.27. The Morgan fingerprint density at radius 3 is 2.39 bits per heavy atom. The lowest BCUT2D eigenvalue weighted by molar-refractivity contribution is -0.0498. The number of carbonyl (C=O) groups is 1. The van der Waals surface area contributed by atoms with Crippen LogP contribution in [0.1, 0.15) is 39.9 Å². The van der Waals surface area contributed by atoms with E-state index >= 15 is 0 Å². The van der Waals surface area contributed by atoms with Crippen LogP contribution in [0.4, 0.5) is 13.6 Å². The first-order valence-corrected chi connectivity index (χ1v) is 17.9. The van der Waals surface area contributed by atoms with Crippen molar-refractivity contribution in [1.29, 1.82) is 0 Å². The number of hydrogen-bond donors (Lipinski definition) is 2. The molecule has 1 fully saturated rings. The van der Waals surface area contributed by atoms with Gasteiger partial charge in [-0.05, 0) is 60.5 Å². The first-order chi connectivity index (χ1) is 23.8. The van der Waals surface area contributed by atoms with Gasteiger partial charge in [-0.1, -0.05) is 53.8 Å². The molecule has 0 unspecified atom stereocenters. The Bertz CT molecular complexity index is 1800. The maximum atomic E-state index is 12.4. The first-order valence-electron chi connectivity index (χ1n) is 16.4. The summed E-state index contributed by atoms with van der Waals surface area (Å²) in [4.78, 5) is 16.3. The molecular weight excluding hydrogens is 666 g/mol. The van der Waals surface area contributed by atoms with Gasteiger partial charge in [0.05, 0.1) is 17.3 Å². The average Bonchev–Trinajstić information content (AvgIpc) is 3.47. The Morgan fingerprint density at radius 2 is 1.69 bits per heavy atom. The van der Waals surface area contributed by atoms with E-state index < -0.39 is 12.6 Å². The van der Waals surface area contributed by atoms with Crippen LogP contribution in [-0.4, -0.2) is 69.9 Å². The monoisotopic (exact) mass is 704 g/mol. The Hall–Kier alpha value is -4.08. The second-order valence-corrected chi connectivity index (χ2v) is 13.7. The van der Waals surface area contributed by atoms with Crippen LogP contribution < -0.4 is 15.8 Å². The van der Waals surface area contributed by atoms with E-state index in [2.05, 4.69) is 31.5 Å². The number of aromatic nitrogens is 2. The molecule has 6 rings (SSSR count). The molecule has 0 spiro atoms. The number of nitrogens with one attached hydrogen (secondary N) is 1. The first kappa shape index (κ1) is 34.8. The molecule has 12 heteroatoms. The van der Waals surface area contributed by atoms with E-state index in [1.807, 2.05) is 54.2 Å². The average molecular weight is 705 g/mol. The Morgan fingerprint density at radius 1 is 0.980 bits per heavy atom. The molecule has 49 heavy (non-hydrogen) atoms. The summed E-state index contributed by atoms with van der Waals surface area (Å²) in [5.41, 5.74) is 13.2. The number of ether oxygens (including phenoxy) is 1. The third kappa shape index (κ3) is 9.34. The molecule has 1 aromatic heterocycles. The van der Waals surface area contributed by atoms with Gasteiger partial charge in [0.1, 0.15) is 5.75 Å². The Labute approximate surface area is 294 Å². The van der Waals surface area contributed by atoms with Gasteiger partial charge in [0.25, 0.3) is 0 Å². The number of nitrogens with two attached hydrogens (primary N) is 1. The van der Waals surface area contributed by atoms with Crippen molar-refractivity contribution in [3.63, 3.8) is 0 Å². The number of aryl methyl sites for hydroxylation is 1. The fourth-order valence-corrected chi connectivity index (χ4v) is 7.26. The number of carbonyl (C=O) groups excluding carboxylic acids is 1. The van der Waals surface area contributed by atoms with Gasteiger partial charge in [0, 0.05) is 85.1 Å². The number of amides is 2. The molecule has 8 nitrogen and oxygen atoms in total. The Kier molecular flexibility index (Phi) is 11.7. The fraction of sp³-hybridized carbons (Fsp3) is 0.351. The quantitative estimate of drug-likeness (QED) is 0.177. The van der Waals surface area contributed by atoms with Crippen molar-refractivity contribution >= 4 is 29.4 Å². The molecule has 3 aromatic carbocycles. The van der Waals surface area contributed by atoms with Crippen LogP contribution >= 0.6 is 23.4 Å². The summed E-state index contributed by atoms with van der Waals surface area (Å²) in [5, 5.41) is 9.00. The van der Waals surface area contributed by atoms with E-state index in [9.17, 15) is 13.6 Å². The van der Waals surface area contributed by atoms with Crippen molar-refractivity contribution in [1.82, 2.24) is 24.9 Å². The lowest BCUT2D eigenvalue weighted by Crippen LogP contribution is -2.39. The molecule has 4 aromatic rings. The number of nitrogens with zero attached hydrogens (tertiary/aromatic N) is 4. The molecular formula is C37H39ClF2N6O2S. The SMILES string of the molecule is NC(=O)N1CCc2c(c(-c3ccc(Cl)c(C#Cc4ccc(CNCc5ccc(OC(F)F)cc5)cc4)c3)nn2CCCN2CCSCC2)C1. The fourth-order valence-electron chi connectivity index (χ4n) is 6.12. The normalized spacial score (nSPS) is 14.7. The number of alkyl halides is 2. The molecule has 2 aliphatic heterocycles. The molecule has 256 valence electrons. The Balaban J connectivity index is 1.12. The number of fused-ring (bicyclic) bond motifs is 1. The standard InChI is InChI=1S/C37H39ClF2N6O2S/c38-33-13-10-30(35-32-25-45(37(41)47)17-14-34(32)46(43-35)16-1-15-44-18-20-49-21-19-44)22-29(33)9-6-26-2-4-27(5-3-26)23-42-24-28-7-11-31(12-8-28)48-36(39)40/h2-5,7-8,10-13,22,36,42H,1,14-21,23-25H2,(H2,41,47). The summed E-state index contributed by atoms with van der Waals surface area (Å²) in [6.07, 6.45) is 1.72. The van der Waals surface area contributed by atoms with E-state index in [1.54, 1.807) is 17.0 Å². The van der Waals surface area contributed by atoms with Crippen molar-refractivity contribution in [3.05, 3.63) is 105 Å². The van der Waals surface area contributed by atoms with Gasteiger partial charge in [0.15, 0.2) is 0 Å². The lowest BCUT2D eigenvalue weighted by atomic mass is 9.99. The molecule has 0 bridgehead atoms. The zero-order valence-corrected chi connectivity index (χ0v) is 28.7. The highest BCUT2D eigenvalue weighted by molar-refractivity contribution is 7.99. The molecule has 0 radical (unpaired) electrons. The topological polar surface area (TPSA) is 88.6 Å². The van der Waals surface area contributed by atoms with Crippen molar-refractivity contribution in [3.8, 4) is 28.8 Å². The number of urea groups is 1. The molecule has 3 N–H and O–H groups in total. The second-order valence-electron chi connectivity index (χ2n) is 12.1. The maximum Gasteiger partial charge on any atom is 0.387 e. The third-order valence-corrected chi connectivity index (χ3v) is 10.0. The van der Waals surface area contributed by atoms with Crippen LogP contribution in [0.3, 0.4) is 0 Å². The molecule has 2 aliphatic rings. The van der Waals surface area contributed by atoms with E-state index in [0.29, 0.717) is 43.2 Å². The maximum absolute atomic E-state index is 12.4. The van der Waals surface area contributed by atoms with Gasteiger partial charge in [-0.3, -0.25) is 4.68 Å². The molecule has 1 saturated heterocycles. The van der Waals surface area contributed by atoms with Gasteiger partial charge < -0.3 is 25.6 Å². The summed E-state index contributed by atoms with van der Waals surface area (Å²) in [5.74, 6) is 9.01. The third-order valence-electron chi connectivity index (χ3n) is 8.74. The minimum atomic E-state index is -2.83. The highest BCUT2D eigenvalue weighted by atomic mass is 35.5. The minimum absolute atomic E-state index is 0.142. The summed E-state index contributed by atoms with van der Waals surface area (Å²) in [6.45, 7) is 3.55. The van der Waals surface area contributed by atoms with E-state index in [4.69, 9.17) is 22.4 Å². The van der Waals surface area contributed by atoms with Crippen molar-refractivity contribution in [2.75, 3.05) is 37.7 Å². The number of hydrogen-bond acceptors (Lipinski definition) is 6. The summed E-state index contributed by atoms with van der Waals surface area (Å²) >= 11 is 8.64. The largest absolute Gasteiger partial charge is 0.435 e. The molecule has 3 heterocycles. The van der Waals surface area contributed by atoms with Gasteiger partial charge in [-0.15, -0.1) is 0 Å². The van der Waals surface area contributed by atoms with Crippen LogP contribution in [0, 0.1) is 11.8 Å². The van der Waals surface area contributed by atoms with Crippen LogP contribution in [0.15, 0.2) is 66.7 Å². The number of benzene rings is 3. The van der Waals surface area contributed by atoms with Gasteiger partial charge in [-0.25, -0.2) is 4.79 Å². The molecule has 2 amide bonds. The molecule has 0 aliphatic carbocycles. The van der Waals surface area contributed by atoms with Gasteiger partial charge in [-0.2, -0.15) is 25.6 Å². The molecule has 0 saturated carbocycles. The van der Waals surface area contributed by atoms with E-state index in [1.165, 1.54) is 23.6 Å². The number of halogens is 3. The number of rotatable bonds is 11. The van der Waals surface area contributed by atoms with Gasteiger partial charge >= 0.3 is 12.6 Å². The number of primary amides is 1. The number of thioether (sulfide) groups is 1. The highest BCUT2D eigenvalue weighted by Crippen LogP contribution is 2.32. The van der Waals surface area contributed by atoms with Crippen LogP contribution in [0.25, 0.3) is 11.3 Å². The zero-order chi connectivity index (χ0) is 34.2. The second kappa shape index (κ2) is 16.5. The predicted octanol–water partition coefficient (Wildman–Crippen LogP) is 6.37. The highest BCUT2D eigenvalue weighted by Gasteiger charge is 2.27. The summed E-state index contributed by atoms with van der Waals surface area (Å²) in [6, 6.07) is 19.9. The van der Waals surface area contributed by atoms with Crippen LogP contribution in [-0.2, 0) is 32.6 Å². The van der Waals surface area contributed by atoms with E-state index in [0.717, 1.165) is 71.8 Å². The molecule has 0 atom stereocenters. The van der Waals surface area contributed by atoms with Crippen LogP contribution in [0.5, 0.6) is 5.75 Å². The minimum Gasteiger partial charge on any atom is -0.435 e. The summed E-state index contributed by atoms with van der Waals surface area (Å²) in [7, 11) is 0. The smallest absolute Gasteiger partial charge is 0.387 e. The van der Waals surface area contributed by atoms with E-state index in [-0.39, 0.29) is 5.75 Å². The summed E-state index contributed by atoms with van der Waals surface area (Å²) < 4.78 is 31.3. The van der Waals surface area contributed by atoms with Crippen molar-refractivity contribution < 1.29 is 18.3 Å². The predicted molar refractivity (Wildman–Crippen MR) is 191 cm³/mol. The van der Waals surface area contributed by atoms with Crippen molar-refractivity contribution in [2.24, 2.45) is 5.73 Å².